The molecule has 0 aliphatic carbocycles. The summed E-state index contributed by atoms with van der Waals surface area (Å²) in [6.45, 7) is 10.4. The van der Waals surface area contributed by atoms with Crippen molar-refractivity contribution in [3.8, 4) is 0 Å². The fourth-order valence-electron chi connectivity index (χ4n) is 3.91. The van der Waals surface area contributed by atoms with E-state index < -0.39 is 17.5 Å². The van der Waals surface area contributed by atoms with Crippen LogP contribution >= 0.6 is 0 Å². The molecule has 1 aliphatic heterocycles. The predicted molar refractivity (Wildman–Crippen MR) is 118 cm³/mol. The highest BCUT2D eigenvalue weighted by atomic mass is 16.7. The van der Waals surface area contributed by atoms with Crippen LogP contribution in [0.5, 0.6) is 0 Å². The number of carbonyl (C=O) groups excluding carboxylic acids is 1. The van der Waals surface area contributed by atoms with Gasteiger partial charge in [0.1, 0.15) is 6.61 Å². The lowest BCUT2D eigenvalue weighted by Crippen LogP contribution is -2.42. The summed E-state index contributed by atoms with van der Waals surface area (Å²) >= 11 is 0. The smallest absolute Gasteiger partial charge is 0.302 e. The molecule has 0 amide bonds. The van der Waals surface area contributed by atoms with Crippen LogP contribution in [0.2, 0.25) is 0 Å². The van der Waals surface area contributed by atoms with Crippen molar-refractivity contribution in [3.05, 3.63) is 23.3 Å². The molecule has 0 spiro atoms. The molecule has 1 fully saturated rings. The molecule has 2 unspecified atom stereocenters. The van der Waals surface area contributed by atoms with Crippen molar-refractivity contribution < 1.29 is 28.8 Å². The maximum absolute atomic E-state index is 10.9. The summed E-state index contributed by atoms with van der Waals surface area (Å²) in [6, 6.07) is 0. The van der Waals surface area contributed by atoms with Gasteiger partial charge in [0.2, 0.25) is 0 Å². The third kappa shape index (κ3) is 8.14. The van der Waals surface area contributed by atoms with E-state index in [1.54, 1.807) is 14.2 Å². The third-order valence-corrected chi connectivity index (χ3v) is 6.24. The van der Waals surface area contributed by atoms with Gasteiger partial charge in [-0.05, 0) is 58.1 Å². The second kappa shape index (κ2) is 12.6. The Labute approximate surface area is 182 Å². The summed E-state index contributed by atoms with van der Waals surface area (Å²) in [5.74, 6) is -0.754. The zero-order chi connectivity index (χ0) is 22.8. The number of ether oxygens (including phenoxy) is 4. The van der Waals surface area contributed by atoms with E-state index in [4.69, 9.17) is 18.9 Å². The molecule has 1 heterocycles. The summed E-state index contributed by atoms with van der Waals surface area (Å²) in [4.78, 5) is 10.9. The second-order valence-electron chi connectivity index (χ2n) is 8.82. The van der Waals surface area contributed by atoms with Gasteiger partial charge in [0, 0.05) is 33.5 Å². The molecule has 0 bridgehead atoms. The van der Waals surface area contributed by atoms with Gasteiger partial charge in [0.05, 0.1) is 18.3 Å². The number of esters is 1. The number of methoxy groups -OCH3 is 2. The first kappa shape index (κ1) is 26.8. The Hall–Kier alpha value is -1.21. The molecule has 1 aliphatic rings. The van der Waals surface area contributed by atoms with Crippen molar-refractivity contribution in [1.29, 1.82) is 0 Å². The van der Waals surface area contributed by atoms with Gasteiger partial charge in [0.15, 0.2) is 5.79 Å². The normalized spacial score (nSPS) is 24.9. The molecule has 3 atom stereocenters. The Morgan fingerprint density at radius 3 is 2.57 bits per heavy atom. The van der Waals surface area contributed by atoms with Crippen LogP contribution in [0.15, 0.2) is 23.3 Å². The summed E-state index contributed by atoms with van der Waals surface area (Å²) in [7, 11) is 3.39. The van der Waals surface area contributed by atoms with Gasteiger partial charge >= 0.3 is 5.97 Å². The molecule has 0 aromatic rings. The predicted octanol–water partition coefficient (Wildman–Crippen LogP) is 4.56. The lowest BCUT2D eigenvalue weighted by Gasteiger charge is -2.37. The lowest BCUT2D eigenvalue weighted by atomic mass is 9.85. The quantitative estimate of drug-likeness (QED) is 0.297. The number of rotatable bonds is 11. The molecule has 1 N–H and O–H groups in total. The monoisotopic (exact) mass is 426 g/mol. The highest BCUT2D eigenvalue weighted by Crippen LogP contribution is 2.35. The zero-order valence-corrected chi connectivity index (χ0v) is 20.0. The van der Waals surface area contributed by atoms with Gasteiger partial charge in [-0.3, -0.25) is 4.79 Å². The molecular weight excluding hydrogens is 384 g/mol. The molecule has 30 heavy (non-hydrogen) atoms. The topological polar surface area (TPSA) is 74.2 Å². The maximum Gasteiger partial charge on any atom is 0.302 e. The van der Waals surface area contributed by atoms with Crippen LogP contribution < -0.4 is 0 Å². The highest BCUT2D eigenvalue weighted by molar-refractivity contribution is 5.66. The molecule has 0 radical (unpaired) electrons. The average molecular weight is 427 g/mol. The Bertz CT molecular complexity index is 589. The van der Waals surface area contributed by atoms with Crippen LogP contribution in [-0.2, 0) is 23.7 Å². The van der Waals surface area contributed by atoms with Crippen LogP contribution in [0.3, 0.4) is 0 Å². The van der Waals surface area contributed by atoms with Gasteiger partial charge in [-0.1, -0.05) is 25.0 Å². The first-order valence-electron chi connectivity index (χ1n) is 11.0. The average Bonchev–Trinajstić information content (AvgIpc) is 2.82. The molecule has 1 rings (SSSR count). The van der Waals surface area contributed by atoms with Gasteiger partial charge in [0.25, 0.3) is 0 Å². The first-order chi connectivity index (χ1) is 14.1. The number of allylic oxidation sites excluding steroid dienone is 1. The van der Waals surface area contributed by atoms with E-state index >= 15 is 0 Å². The van der Waals surface area contributed by atoms with Gasteiger partial charge in [-0.25, -0.2) is 0 Å². The number of carbonyl (C=O) groups is 1. The molecule has 0 saturated carbocycles. The van der Waals surface area contributed by atoms with Gasteiger partial charge < -0.3 is 24.1 Å². The van der Waals surface area contributed by atoms with E-state index in [2.05, 4.69) is 26.8 Å². The second-order valence-corrected chi connectivity index (χ2v) is 8.82. The van der Waals surface area contributed by atoms with Crippen molar-refractivity contribution >= 4 is 5.97 Å². The minimum atomic E-state index is -0.645. The Morgan fingerprint density at radius 2 is 2.00 bits per heavy atom. The molecule has 0 aromatic heterocycles. The highest BCUT2D eigenvalue weighted by Gasteiger charge is 2.38. The SMILES string of the molecule is COC(CC=C(C)C)(OC)C(C)CCCC1(C)OCC(=CCOC(C)=O)CC[C@H]1O. The van der Waals surface area contributed by atoms with Gasteiger partial charge in [-0.2, -0.15) is 0 Å². The maximum atomic E-state index is 10.9. The Kier molecular flexibility index (Phi) is 11.3. The lowest BCUT2D eigenvalue weighted by molar-refractivity contribution is -0.236. The van der Waals surface area contributed by atoms with Crippen LogP contribution in [0.4, 0.5) is 0 Å². The summed E-state index contributed by atoms with van der Waals surface area (Å²) in [5, 5.41) is 10.7. The summed E-state index contributed by atoms with van der Waals surface area (Å²) < 4.78 is 22.7. The molecule has 174 valence electrons. The van der Waals surface area contributed by atoms with Crippen molar-refractivity contribution in [2.24, 2.45) is 5.92 Å². The van der Waals surface area contributed by atoms with Crippen LogP contribution in [0.1, 0.15) is 73.1 Å². The number of aliphatic hydroxyl groups excluding tert-OH is 1. The van der Waals surface area contributed by atoms with E-state index in [0.29, 0.717) is 19.4 Å². The fourth-order valence-corrected chi connectivity index (χ4v) is 3.91. The van der Waals surface area contributed by atoms with Crippen molar-refractivity contribution in [1.82, 2.24) is 0 Å². The fraction of sp³-hybridized carbons (Fsp3) is 0.792. The molecule has 6 nitrogen and oxygen atoms in total. The summed E-state index contributed by atoms with van der Waals surface area (Å²) in [5.41, 5.74) is 1.70. The number of aliphatic hydroxyl groups is 1. The standard InChI is InChI=1S/C24H42O6/c1-18(2)12-15-24(27-6,28-7)19(3)9-8-14-23(5)22(26)11-10-21(17-30-23)13-16-29-20(4)25/h12-13,19,22,26H,8-11,14-17H2,1-7H3/t19?,22-,23?/m1/s1. The third-order valence-electron chi connectivity index (χ3n) is 6.24. The van der Waals surface area contributed by atoms with E-state index in [1.807, 2.05) is 13.0 Å². The molecule has 0 aromatic carbocycles. The van der Waals surface area contributed by atoms with Crippen molar-refractivity contribution in [2.45, 2.75) is 90.6 Å². The van der Waals surface area contributed by atoms with E-state index in [1.165, 1.54) is 12.5 Å². The number of hydrogen-bond donors (Lipinski definition) is 1. The van der Waals surface area contributed by atoms with Crippen LogP contribution in [-0.4, -0.2) is 56.0 Å². The minimum absolute atomic E-state index is 0.189. The molecule has 6 heteroatoms. The van der Waals surface area contributed by atoms with Crippen LogP contribution in [0.25, 0.3) is 0 Å². The minimum Gasteiger partial charge on any atom is -0.462 e. The van der Waals surface area contributed by atoms with Crippen molar-refractivity contribution in [2.75, 3.05) is 27.4 Å². The molecule has 1 saturated heterocycles. The largest absolute Gasteiger partial charge is 0.462 e. The van der Waals surface area contributed by atoms with E-state index in [-0.39, 0.29) is 18.5 Å². The number of hydrogen-bond acceptors (Lipinski definition) is 6. The molecular formula is C24H42O6. The summed E-state index contributed by atoms with van der Waals surface area (Å²) in [6.07, 6.45) is 8.13. The van der Waals surface area contributed by atoms with E-state index in [0.717, 1.165) is 31.3 Å². The van der Waals surface area contributed by atoms with Crippen LogP contribution in [0, 0.1) is 5.92 Å². The van der Waals surface area contributed by atoms with Crippen molar-refractivity contribution in [3.63, 3.8) is 0 Å². The Morgan fingerprint density at radius 1 is 1.33 bits per heavy atom. The Balaban J connectivity index is 2.66. The zero-order valence-electron chi connectivity index (χ0n) is 20.0. The van der Waals surface area contributed by atoms with E-state index in [9.17, 15) is 9.90 Å². The van der Waals surface area contributed by atoms with Gasteiger partial charge in [-0.15, -0.1) is 0 Å². The first-order valence-corrected chi connectivity index (χ1v) is 11.0.